The monoisotopic (exact) mass is 318 g/mol. The summed E-state index contributed by atoms with van der Waals surface area (Å²) >= 11 is 13.2. The van der Waals surface area contributed by atoms with E-state index in [0.717, 1.165) is 32.5 Å². The molecule has 0 saturated carbocycles. The van der Waals surface area contributed by atoms with Crippen molar-refractivity contribution >= 4 is 33.7 Å². The maximum absolute atomic E-state index is 6.62. The minimum atomic E-state index is 0.304. The third-order valence-electron chi connectivity index (χ3n) is 3.37. The molecule has 0 aliphatic heterocycles. The molecule has 0 N–H and O–H groups in total. The highest BCUT2D eigenvalue weighted by Crippen LogP contribution is 2.48. The Morgan fingerprint density at radius 3 is 1.26 bits per heavy atom. The summed E-state index contributed by atoms with van der Waals surface area (Å²) in [5.74, 6) is 1.86. The van der Waals surface area contributed by atoms with Crippen LogP contribution >= 0.6 is 23.2 Å². The van der Waals surface area contributed by atoms with Gasteiger partial charge in [0.05, 0.1) is 10.0 Å². The molecule has 0 aliphatic rings. The molecule has 19 heavy (non-hydrogen) atoms. The summed E-state index contributed by atoms with van der Waals surface area (Å²) < 4.78 is 5.77. The van der Waals surface area contributed by atoms with E-state index < -0.39 is 0 Å². The van der Waals surface area contributed by atoms with Crippen LogP contribution in [-0.2, 0) is 0 Å². The first-order valence-electron chi connectivity index (χ1n) is 6.82. The van der Waals surface area contributed by atoms with Gasteiger partial charge in [-0.3, -0.25) is 0 Å². The van der Waals surface area contributed by atoms with Crippen LogP contribution in [0.5, 0.6) is 5.75 Å². The fourth-order valence-electron chi connectivity index (χ4n) is 2.49. The normalized spacial score (nSPS) is 11.9. The van der Waals surface area contributed by atoms with Crippen LogP contribution in [0.2, 0.25) is 10.0 Å². The average Bonchev–Trinajstić information content (AvgIpc) is 2.25. The van der Waals surface area contributed by atoms with Gasteiger partial charge in [0.15, 0.2) is 0 Å². The second-order valence-corrected chi connectivity index (χ2v) is 7.03. The first-order valence-corrected chi connectivity index (χ1v) is 8.39. The summed E-state index contributed by atoms with van der Waals surface area (Å²) in [6.07, 6.45) is 0. The van der Waals surface area contributed by atoms with Crippen LogP contribution in [0.3, 0.4) is 0 Å². The van der Waals surface area contributed by atoms with Crippen molar-refractivity contribution in [2.75, 3.05) is 0 Å². The van der Waals surface area contributed by atoms with Gasteiger partial charge in [0.25, 0.3) is 0 Å². The molecular weight excluding hydrogens is 295 g/mol. The molecule has 1 aromatic rings. The molecule has 0 bridgehead atoms. The number of benzene rings is 1. The minimum absolute atomic E-state index is 0.304. The van der Waals surface area contributed by atoms with Crippen molar-refractivity contribution in [1.29, 1.82) is 0 Å². The molecule has 108 valence electrons. The molecule has 0 aromatic heterocycles. The predicted molar refractivity (Wildman–Crippen MR) is 89.3 cm³/mol. The molecule has 1 nitrogen and oxygen atoms in total. The minimum Gasteiger partial charge on any atom is -0.553 e. The Kier molecular flexibility index (Phi) is 5.78. The molecule has 0 fully saturated rings. The zero-order valence-corrected chi connectivity index (χ0v) is 16.4. The van der Waals surface area contributed by atoms with Crippen LogP contribution in [-0.4, -0.2) is 10.5 Å². The molecule has 0 amide bonds. The van der Waals surface area contributed by atoms with Gasteiger partial charge in [0.2, 0.25) is 10.5 Å². The molecule has 0 heterocycles. The number of hydrogen-bond donors (Lipinski definition) is 0. The van der Waals surface area contributed by atoms with Crippen LogP contribution in [0.4, 0.5) is 0 Å². The quantitative estimate of drug-likeness (QED) is 0.708. The Bertz CT molecular complexity index is 433. The molecule has 1 aromatic carbocycles. The van der Waals surface area contributed by atoms with Crippen LogP contribution in [0, 0.1) is 0 Å². The largest absolute Gasteiger partial charge is 0.553 e. The van der Waals surface area contributed by atoms with Crippen molar-refractivity contribution < 1.29 is 4.43 Å². The highest BCUT2D eigenvalue weighted by molar-refractivity contribution is 6.37. The van der Waals surface area contributed by atoms with Gasteiger partial charge >= 0.3 is 0 Å². The Morgan fingerprint density at radius 2 is 1.05 bits per heavy atom. The second kappa shape index (κ2) is 6.51. The maximum Gasteiger partial charge on any atom is 0.204 e. The molecule has 0 unspecified atom stereocenters. The molecular formula is C15H24Cl2OSi. The van der Waals surface area contributed by atoms with Crippen molar-refractivity contribution in [3.8, 4) is 5.75 Å². The molecule has 0 aliphatic carbocycles. The third-order valence-corrected chi connectivity index (χ3v) is 4.59. The van der Waals surface area contributed by atoms with E-state index in [1.165, 1.54) is 0 Å². The summed E-state index contributed by atoms with van der Waals surface area (Å²) in [4.78, 5) is 0. The smallest absolute Gasteiger partial charge is 0.204 e. The van der Waals surface area contributed by atoms with Gasteiger partial charge < -0.3 is 4.43 Å². The van der Waals surface area contributed by atoms with Gasteiger partial charge in [-0.1, -0.05) is 64.7 Å². The van der Waals surface area contributed by atoms with E-state index in [9.17, 15) is 0 Å². The topological polar surface area (TPSA) is 9.23 Å². The standard InChI is InChI=1S/C15H24Cl2OSi/c1-7(2)10-13(16)11(8(3)4)15(18-19)12(9(5)6)14(10)17/h7-9H,1-6,19H3. The highest BCUT2D eigenvalue weighted by Gasteiger charge is 2.26. The SMILES string of the molecule is CC(C)c1c(Cl)c(C(C)C)c(O[SiH3])c(C(C)C)c1Cl. The van der Waals surface area contributed by atoms with Crippen LogP contribution in [0.25, 0.3) is 0 Å². The van der Waals surface area contributed by atoms with Crippen molar-refractivity contribution in [3.63, 3.8) is 0 Å². The molecule has 0 radical (unpaired) electrons. The van der Waals surface area contributed by atoms with Crippen LogP contribution in [0.15, 0.2) is 0 Å². The summed E-state index contributed by atoms with van der Waals surface area (Å²) in [5, 5.41) is 1.57. The molecule has 1 rings (SSSR count). The molecule has 0 atom stereocenters. The third kappa shape index (κ3) is 3.12. The molecule has 4 heteroatoms. The van der Waals surface area contributed by atoms with E-state index in [0.29, 0.717) is 28.2 Å². The van der Waals surface area contributed by atoms with Gasteiger partial charge in [-0.05, 0) is 23.3 Å². The van der Waals surface area contributed by atoms with E-state index in [1.54, 1.807) is 0 Å². The first kappa shape index (κ1) is 16.9. The summed E-state index contributed by atoms with van der Waals surface area (Å²) in [6, 6.07) is 0. The Balaban J connectivity index is 3.82. The van der Waals surface area contributed by atoms with Crippen LogP contribution in [0.1, 0.15) is 76.0 Å². The number of hydrogen-bond acceptors (Lipinski definition) is 1. The van der Waals surface area contributed by atoms with E-state index in [-0.39, 0.29) is 0 Å². The zero-order valence-electron chi connectivity index (χ0n) is 12.9. The maximum atomic E-state index is 6.62. The fourth-order valence-corrected chi connectivity index (χ4v) is 4.21. The molecule has 0 saturated heterocycles. The van der Waals surface area contributed by atoms with Crippen molar-refractivity contribution in [2.24, 2.45) is 0 Å². The van der Waals surface area contributed by atoms with Crippen molar-refractivity contribution in [1.82, 2.24) is 0 Å². The average molecular weight is 319 g/mol. The Labute approximate surface area is 130 Å². The number of halogens is 2. The lowest BCUT2D eigenvalue weighted by atomic mass is 9.88. The van der Waals surface area contributed by atoms with E-state index in [4.69, 9.17) is 27.6 Å². The van der Waals surface area contributed by atoms with E-state index in [2.05, 4.69) is 41.5 Å². The van der Waals surface area contributed by atoms with Crippen molar-refractivity contribution in [3.05, 3.63) is 26.7 Å². The summed E-state index contributed by atoms with van der Waals surface area (Å²) in [7, 11) is 0.638. The Morgan fingerprint density at radius 1 is 0.737 bits per heavy atom. The van der Waals surface area contributed by atoms with Gasteiger partial charge in [-0.15, -0.1) is 0 Å². The first-order chi connectivity index (χ1) is 8.73. The van der Waals surface area contributed by atoms with Crippen LogP contribution < -0.4 is 4.43 Å². The summed E-state index contributed by atoms with van der Waals surface area (Å²) in [5.41, 5.74) is 3.26. The van der Waals surface area contributed by atoms with Gasteiger partial charge in [0, 0.05) is 11.1 Å². The van der Waals surface area contributed by atoms with E-state index >= 15 is 0 Å². The van der Waals surface area contributed by atoms with Gasteiger partial charge in [0.1, 0.15) is 5.75 Å². The van der Waals surface area contributed by atoms with Gasteiger partial charge in [-0.2, -0.15) is 0 Å². The molecule has 0 spiro atoms. The number of rotatable bonds is 4. The van der Waals surface area contributed by atoms with Crippen molar-refractivity contribution in [2.45, 2.75) is 59.3 Å². The second-order valence-electron chi connectivity index (χ2n) is 5.87. The highest BCUT2D eigenvalue weighted by atomic mass is 35.5. The fraction of sp³-hybridized carbons (Fsp3) is 0.600. The lowest BCUT2D eigenvalue weighted by Gasteiger charge is -2.26. The zero-order chi connectivity index (χ0) is 14.9. The van der Waals surface area contributed by atoms with Gasteiger partial charge in [-0.25, -0.2) is 0 Å². The van der Waals surface area contributed by atoms with E-state index in [1.807, 2.05) is 0 Å². The Hall–Kier alpha value is -0.183. The summed E-state index contributed by atoms with van der Waals surface area (Å²) in [6.45, 7) is 12.8. The lowest BCUT2D eigenvalue weighted by Crippen LogP contribution is -2.07. The lowest BCUT2D eigenvalue weighted by molar-refractivity contribution is 0.578. The predicted octanol–water partition coefficient (Wildman–Crippen LogP) is 5.02.